The van der Waals surface area contributed by atoms with E-state index in [0.29, 0.717) is 6.92 Å². The highest BCUT2D eigenvalue weighted by Crippen LogP contribution is 2.56. The maximum absolute atomic E-state index is 13.9. The summed E-state index contributed by atoms with van der Waals surface area (Å²) in [5, 5.41) is 14.8. The lowest BCUT2D eigenvalue weighted by Crippen LogP contribution is -2.38. The average molecular weight is 792 g/mol. The van der Waals surface area contributed by atoms with Crippen LogP contribution in [0.2, 0.25) is 25.1 Å². The lowest BCUT2D eigenvalue weighted by atomic mass is 9.73. The van der Waals surface area contributed by atoms with Gasteiger partial charge in [0.05, 0.1) is 47.4 Å². The Bertz CT molecular complexity index is 1490. The predicted octanol–water partition coefficient (Wildman–Crippen LogP) is 11.0. The summed E-state index contributed by atoms with van der Waals surface area (Å²) in [4.78, 5) is 9.29. The standard InChI is InChI=1S/C25H12BCl5F12O4/c1-21(46-47-26(44)45,15-16(27)18(29)20(31)19(30)17(15)28)14(8-2-10(22(32,33)34)6-11(3-8)23(35,36)37)9-4-12(24(38,39)40)7-13(5-9)25(41,42)43/h2-7,14,44-45H,1H3. The Kier molecular flexibility index (Phi) is 11.4. The minimum absolute atomic E-state index is 0.0364. The van der Waals surface area contributed by atoms with Crippen LogP contribution in [-0.2, 0) is 40.0 Å². The fourth-order valence-corrected chi connectivity index (χ4v) is 6.05. The molecule has 0 saturated heterocycles. The largest absolute Gasteiger partial charge is 0.662 e. The van der Waals surface area contributed by atoms with E-state index in [9.17, 15) is 62.7 Å². The first-order valence-electron chi connectivity index (χ1n) is 11.9. The van der Waals surface area contributed by atoms with E-state index in [0.717, 1.165) is 0 Å². The van der Waals surface area contributed by atoms with Crippen LogP contribution in [-0.4, -0.2) is 17.4 Å². The van der Waals surface area contributed by atoms with Crippen LogP contribution in [0, 0.1) is 0 Å². The van der Waals surface area contributed by atoms with Crippen molar-refractivity contribution < 1.29 is 72.4 Å². The molecule has 22 heteroatoms. The molecule has 0 bridgehead atoms. The molecule has 47 heavy (non-hydrogen) atoms. The molecule has 3 rings (SSSR count). The van der Waals surface area contributed by atoms with E-state index < -0.39 is 108 Å². The van der Waals surface area contributed by atoms with E-state index in [1.54, 1.807) is 0 Å². The van der Waals surface area contributed by atoms with Gasteiger partial charge in [0, 0.05) is 11.5 Å². The Morgan fingerprint density at radius 2 is 0.809 bits per heavy atom. The molecule has 2 N–H and O–H groups in total. The van der Waals surface area contributed by atoms with Gasteiger partial charge in [-0.2, -0.15) is 52.7 Å². The van der Waals surface area contributed by atoms with Crippen LogP contribution in [0.4, 0.5) is 52.7 Å². The Morgan fingerprint density at radius 1 is 0.532 bits per heavy atom. The maximum atomic E-state index is 13.9. The van der Waals surface area contributed by atoms with Gasteiger partial charge >= 0.3 is 32.0 Å². The van der Waals surface area contributed by atoms with Crippen molar-refractivity contribution in [2.45, 2.75) is 43.1 Å². The highest BCUT2D eigenvalue weighted by molar-refractivity contribution is 6.55. The number of hydrogen-bond donors (Lipinski definition) is 2. The van der Waals surface area contributed by atoms with Crippen molar-refractivity contribution in [1.82, 2.24) is 0 Å². The fraction of sp³-hybridized carbons (Fsp3) is 0.280. The van der Waals surface area contributed by atoms with Gasteiger partial charge in [0.25, 0.3) is 0 Å². The van der Waals surface area contributed by atoms with Crippen LogP contribution < -0.4 is 0 Å². The van der Waals surface area contributed by atoms with Crippen LogP contribution >= 0.6 is 58.0 Å². The van der Waals surface area contributed by atoms with Crippen LogP contribution in [0.15, 0.2) is 36.4 Å². The van der Waals surface area contributed by atoms with Crippen LogP contribution in [0.3, 0.4) is 0 Å². The molecule has 3 aromatic rings. The summed E-state index contributed by atoms with van der Waals surface area (Å²) in [6.07, 6.45) is -22.3. The average Bonchev–Trinajstić information content (AvgIpc) is 2.92. The van der Waals surface area contributed by atoms with Crippen LogP contribution in [0.5, 0.6) is 0 Å². The first-order valence-corrected chi connectivity index (χ1v) is 13.8. The molecule has 4 nitrogen and oxygen atoms in total. The van der Waals surface area contributed by atoms with Crippen LogP contribution in [0.25, 0.3) is 0 Å². The molecular formula is C25H12BCl5F12O4. The van der Waals surface area contributed by atoms with Gasteiger partial charge in [0.15, 0.2) is 0 Å². The van der Waals surface area contributed by atoms with Crippen molar-refractivity contribution in [2.24, 2.45) is 0 Å². The molecule has 0 aliphatic carbocycles. The molecule has 3 aromatic carbocycles. The minimum atomic E-state index is -5.58. The highest BCUT2D eigenvalue weighted by Gasteiger charge is 2.49. The Labute approximate surface area is 280 Å². The van der Waals surface area contributed by atoms with E-state index in [4.69, 9.17) is 62.9 Å². The second kappa shape index (κ2) is 13.5. The van der Waals surface area contributed by atoms with Gasteiger partial charge in [-0.15, -0.1) is 0 Å². The van der Waals surface area contributed by atoms with Gasteiger partial charge in [-0.25, -0.2) is 9.69 Å². The van der Waals surface area contributed by atoms with E-state index in [1.807, 2.05) is 0 Å². The van der Waals surface area contributed by atoms with E-state index in [-0.39, 0.29) is 36.4 Å². The second-order valence-electron chi connectivity index (χ2n) is 9.67. The van der Waals surface area contributed by atoms with Gasteiger partial charge in [0.2, 0.25) is 0 Å². The summed E-state index contributed by atoms with van der Waals surface area (Å²) >= 11 is 30.6. The molecule has 258 valence electrons. The maximum Gasteiger partial charge on any atom is 0.662 e. The topological polar surface area (TPSA) is 58.9 Å². The lowest BCUT2D eigenvalue weighted by Gasteiger charge is -2.39. The van der Waals surface area contributed by atoms with Gasteiger partial charge in [0.1, 0.15) is 5.60 Å². The highest BCUT2D eigenvalue weighted by atomic mass is 35.5. The molecule has 0 heterocycles. The minimum Gasteiger partial charge on any atom is -0.400 e. The SMILES string of the molecule is CC(OOB(O)O)(c1c(Cl)c(Cl)c(Cl)c(Cl)c1Cl)C(c1cc(C(F)(F)F)cc(C(F)(F)F)c1)c1cc(C(F)(F)F)cc(C(F)(F)F)c1. The molecule has 0 aromatic heterocycles. The van der Waals surface area contributed by atoms with Gasteiger partial charge in [-0.1, -0.05) is 58.0 Å². The Morgan fingerprint density at radius 3 is 1.06 bits per heavy atom. The number of benzene rings is 3. The zero-order valence-electron chi connectivity index (χ0n) is 22.3. The fourth-order valence-electron chi connectivity index (χ4n) is 4.54. The normalized spacial score (nSPS) is 14.5. The zero-order chi connectivity index (χ0) is 36.2. The predicted molar refractivity (Wildman–Crippen MR) is 146 cm³/mol. The molecule has 1 unspecified atom stereocenters. The van der Waals surface area contributed by atoms with Gasteiger partial charge in [-0.05, 0) is 54.4 Å². The lowest BCUT2D eigenvalue weighted by molar-refractivity contribution is -0.317. The molecule has 0 fully saturated rings. The first-order chi connectivity index (χ1) is 21.1. The third-order valence-corrected chi connectivity index (χ3v) is 8.73. The van der Waals surface area contributed by atoms with E-state index in [1.165, 1.54) is 0 Å². The number of rotatable bonds is 7. The summed E-state index contributed by atoms with van der Waals surface area (Å²) in [7, 11) is -3.00. The molecular weight excluding hydrogens is 780 g/mol. The van der Waals surface area contributed by atoms with Gasteiger partial charge < -0.3 is 10.0 Å². The van der Waals surface area contributed by atoms with Gasteiger partial charge in [-0.3, -0.25) is 0 Å². The number of alkyl halides is 12. The van der Waals surface area contributed by atoms with Crippen molar-refractivity contribution in [1.29, 1.82) is 0 Å². The summed E-state index contributed by atoms with van der Waals surface area (Å²) in [5.74, 6) is -2.71. The molecule has 0 spiro atoms. The van der Waals surface area contributed by atoms with E-state index in [2.05, 4.69) is 4.81 Å². The Balaban J connectivity index is 2.71. The Hall–Kier alpha value is -1.83. The summed E-state index contributed by atoms with van der Waals surface area (Å²) < 4.78 is 167. The third kappa shape index (κ3) is 8.49. The zero-order valence-corrected chi connectivity index (χ0v) is 26.0. The van der Waals surface area contributed by atoms with E-state index >= 15 is 0 Å². The summed E-state index contributed by atoms with van der Waals surface area (Å²) in [6.45, 7) is 0.606. The molecule has 0 aliphatic rings. The molecule has 0 radical (unpaired) electrons. The first kappa shape index (κ1) is 39.6. The molecule has 1 atom stereocenters. The summed E-state index contributed by atoms with van der Waals surface area (Å²) in [6, 6.07) is -0.903. The monoisotopic (exact) mass is 790 g/mol. The summed E-state index contributed by atoms with van der Waals surface area (Å²) in [5.41, 5.74) is -15.0. The molecule has 0 aliphatic heterocycles. The van der Waals surface area contributed by atoms with Crippen molar-refractivity contribution in [2.75, 3.05) is 0 Å². The van der Waals surface area contributed by atoms with Crippen molar-refractivity contribution in [3.63, 3.8) is 0 Å². The molecule has 0 amide bonds. The smallest absolute Gasteiger partial charge is 0.400 e. The van der Waals surface area contributed by atoms with Crippen molar-refractivity contribution in [3.05, 3.63) is 100 Å². The third-order valence-electron chi connectivity index (χ3n) is 6.45. The molecule has 0 saturated carbocycles. The second-order valence-corrected chi connectivity index (χ2v) is 11.6. The van der Waals surface area contributed by atoms with Crippen molar-refractivity contribution in [3.8, 4) is 0 Å². The quantitative estimate of drug-likeness (QED) is 0.0625. The number of hydrogen-bond acceptors (Lipinski definition) is 4. The number of halogens is 17. The van der Waals surface area contributed by atoms with Crippen LogP contribution in [0.1, 0.15) is 51.8 Å². The van der Waals surface area contributed by atoms with Crippen molar-refractivity contribution >= 4 is 65.3 Å².